The molecule has 0 atom stereocenters. The molecule has 0 amide bonds. The lowest BCUT2D eigenvalue weighted by atomic mass is 9.62. The van der Waals surface area contributed by atoms with E-state index in [4.69, 9.17) is 9.47 Å². The predicted molar refractivity (Wildman–Crippen MR) is 130 cm³/mol. The average molecular weight is 437 g/mol. The Morgan fingerprint density at radius 2 is 1.78 bits per heavy atom. The molecule has 0 spiro atoms. The molecule has 0 heterocycles. The Morgan fingerprint density at radius 3 is 2.47 bits per heavy atom. The Balaban J connectivity index is 2.14. The molecular formula is C28H36O4. The summed E-state index contributed by atoms with van der Waals surface area (Å²) in [4.78, 5) is 11.7. The molecule has 0 aliphatic heterocycles. The Hall–Kier alpha value is -2.75. The summed E-state index contributed by atoms with van der Waals surface area (Å²) in [5.41, 5.74) is 5.07. The molecule has 0 saturated heterocycles. The van der Waals surface area contributed by atoms with Gasteiger partial charge in [-0.25, -0.2) is 4.79 Å². The first kappa shape index (κ1) is 23.9. The summed E-state index contributed by atoms with van der Waals surface area (Å²) in [6.07, 6.45) is 6.25. The van der Waals surface area contributed by atoms with Gasteiger partial charge in [-0.05, 0) is 84.0 Å². The van der Waals surface area contributed by atoms with E-state index in [0.717, 1.165) is 41.7 Å². The second-order valence-corrected chi connectivity index (χ2v) is 9.88. The van der Waals surface area contributed by atoms with Gasteiger partial charge >= 0.3 is 5.97 Å². The fourth-order valence-electron chi connectivity index (χ4n) is 4.46. The first-order chi connectivity index (χ1) is 15.1. The van der Waals surface area contributed by atoms with Crippen molar-refractivity contribution >= 4 is 12.0 Å². The van der Waals surface area contributed by atoms with Crippen molar-refractivity contribution in [3.05, 3.63) is 53.1 Å². The average Bonchev–Trinajstić information content (AvgIpc) is 2.74. The highest BCUT2D eigenvalue weighted by molar-refractivity contribution is 5.87. The lowest BCUT2D eigenvalue weighted by Crippen LogP contribution is -2.34. The molecule has 0 saturated carbocycles. The van der Waals surface area contributed by atoms with Crippen molar-refractivity contribution in [1.82, 2.24) is 0 Å². The molecule has 4 heteroatoms. The highest BCUT2D eigenvalue weighted by Gasteiger charge is 2.39. The number of benzene rings is 2. The highest BCUT2D eigenvalue weighted by atomic mass is 16.5. The molecule has 0 aromatic heterocycles. The van der Waals surface area contributed by atoms with E-state index in [2.05, 4.69) is 46.8 Å². The monoisotopic (exact) mass is 436 g/mol. The van der Waals surface area contributed by atoms with Gasteiger partial charge in [-0.15, -0.1) is 0 Å². The number of carbonyl (C=O) groups is 1. The van der Waals surface area contributed by atoms with Gasteiger partial charge in [0.05, 0.1) is 13.2 Å². The van der Waals surface area contributed by atoms with Gasteiger partial charge in [0.15, 0.2) is 0 Å². The van der Waals surface area contributed by atoms with E-state index in [1.807, 2.05) is 6.07 Å². The Labute approximate surface area is 192 Å². The predicted octanol–water partition coefficient (Wildman–Crippen LogP) is 6.77. The minimum absolute atomic E-state index is 0.0161. The number of hydrogen-bond acceptors (Lipinski definition) is 4. The second-order valence-electron chi connectivity index (χ2n) is 9.88. The molecule has 0 bridgehead atoms. The number of rotatable bonds is 7. The van der Waals surface area contributed by atoms with Gasteiger partial charge in [0.2, 0.25) is 0 Å². The van der Waals surface area contributed by atoms with Crippen LogP contribution in [0.1, 0.15) is 77.5 Å². The van der Waals surface area contributed by atoms with Gasteiger partial charge < -0.3 is 14.6 Å². The zero-order valence-electron chi connectivity index (χ0n) is 20.2. The molecule has 2 aromatic rings. The summed E-state index contributed by atoms with van der Waals surface area (Å²) >= 11 is 0. The van der Waals surface area contributed by atoms with Crippen molar-refractivity contribution in [3.63, 3.8) is 0 Å². The number of hydrogen-bond donors (Lipinski definition) is 1. The highest BCUT2D eigenvalue weighted by Crippen LogP contribution is 2.51. The van der Waals surface area contributed by atoms with Crippen LogP contribution in [0, 0.1) is 0 Å². The summed E-state index contributed by atoms with van der Waals surface area (Å²) in [5.74, 6) is 0.728. The number of esters is 1. The van der Waals surface area contributed by atoms with Crippen LogP contribution in [-0.2, 0) is 20.4 Å². The molecule has 172 valence electrons. The third-order valence-electron chi connectivity index (χ3n) is 6.37. The molecule has 0 unspecified atom stereocenters. The summed E-state index contributed by atoms with van der Waals surface area (Å²) in [6, 6.07) is 9.63. The molecule has 0 fully saturated rings. The minimum atomic E-state index is -0.380. The quantitative estimate of drug-likeness (QED) is 0.384. The van der Waals surface area contributed by atoms with Crippen LogP contribution in [0.3, 0.4) is 0 Å². The van der Waals surface area contributed by atoms with E-state index < -0.39 is 0 Å². The number of ether oxygens (including phenoxy) is 2. The van der Waals surface area contributed by atoms with Crippen LogP contribution in [0.5, 0.6) is 11.5 Å². The molecule has 0 radical (unpaired) electrons. The molecule has 3 rings (SSSR count). The fraction of sp³-hybridized carbons (Fsp3) is 0.464. The molecule has 1 aliphatic rings. The van der Waals surface area contributed by atoms with Gasteiger partial charge in [0, 0.05) is 17.2 Å². The minimum Gasteiger partial charge on any atom is -0.507 e. The Kier molecular flexibility index (Phi) is 7.02. The van der Waals surface area contributed by atoms with Gasteiger partial charge in [0.1, 0.15) is 11.5 Å². The Bertz CT molecular complexity index is 1010. The van der Waals surface area contributed by atoms with Gasteiger partial charge in [-0.1, -0.05) is 40.7 Å². The van der Waals surface area contributed by atoms with Crippen LogP contribution >= 0.6 is 0 Å². The molecule has 4 nitrogen and oxygen atoms in total. The maximum atomic E-state index is 11.7. The van der Waals surface area contributed by atoms with Crippen molar-refractivity contribution in [3.8, 4) is 22.6 Å². The summed E-state index contributed by atoms with van der Waals surface area (Å²) in [5, 5.41) is 10.7. The van der Waals surface area contributed by atoms with Crippen LogP contribution in [0.25, 0.3) is 17.2 Å². The van der Waals surface area contributed by atoms with E-state index in [-0.39, 0.29) is 22.5 Å². The number of phenols is 1. The molecule has 32 heavy (non-hydrogen) atoms. The fourth-order valence-corrected chi connectivity index (χ4v) is 4.46. The van der Waals surface area contributed by atoms with Crippen molar-refractivity contribution in [2.75, 3.05) is 13.2 Å². The zero-order chi connectivity index (χ0) is 23.5. The number of fused-ring (bicyclic) bond motifs is 1. The zero-order valence-corrected chi connectivity index (χ0v) is 20.2. The second kappa shape index (κ2) is 9.40. The van der Waals surface area contributed by atoms with E-state index in [1.54, 1.807) is 25.1 Å². The van der Waals surface area contributed by atoms with Crippen molar-refractivity contribution in [2.45, 2.75) is 71.6 Å². The first-order valence-electron chi connectivity index (χ1n) is 11.6. The van der Waals surface area contributed by atoms with Crippen LogP contribution in [0.2, 0.25) is 0 Å². The topological polar surface area (TPSA) is 55.8 Å². The lowest BCUT2D eigenvalue weighted by molar-refractivity contribution is -0.137. The van der Waals surface area contributed by atoms with Crippen LogP contribution in [-0.4, -0.2) is 24.3 Å². The number of carbonyl (C=O) groups excluding carboxylic acids is 1. The summed E-state index contributed by atoms with van der Waals surface area (Å²) in [7, 11) is 0. The Morgan fingerprint density at radius 1 is 1.06 bits per heavy atom. The summed E-state index contributed by atoms with van der Waals surface area (Å²) in [6.45, 7) is 14.0. The SMILES string of the molecule is CCCOc1cc(-c2cc(C=CC(=O)OCC)ccc2O)cc2c1C(C)(C)CCC2(C)C. The molecular weight excluding hydrogens is 400 g/mol. The number of aromatic hydroxyl groups is 1. The molecule has 1 N–H and O–H groups in total. The first-order valence-corrected chi connectivity index (χ1v) is 11.6. The third-order valence-corrected chi connectivity index (χ3v) is 6.37. The van der Waals surface area contributed by atoms with E-state index >= 15 is 0 Å². The number of phenolic OH excluding ortho intramolecular Hbond substituents is 1. The lowest BCUT2D eigenvalue weighted by Gasteiger charge is -2.43. The largest absolute Gasteiger partial charge is 0.507 e. The van der Waals surface area contributed by atoms with Gasteiger partial charge in [0.25, 0.3) is 0 Å². The molecule has 2 aromatic carbocycles. The van der Waals surface area contributed by atoms with E-state index in [1.165, 1.54) is 17.2 Å². The van der Waals surface area contributed by atoms with Crippen molar-refractivity contribution in [2.24, 2.45) is 0 Å². The molecule has 1 aliphatic carbocycles. The van der Waals surface area contributed by atoms with E-state index in [0.29, 0.717) is 13.2 Å². The smallest absolute Gasteiger partial charge is 0.330 e. The maximum absolute atomic E-state index is 11.7. The van der Waals surface area contributed by atoms with Crippen LogP contribution in [0.4, 0.5) is 0 Å². The standard InChI is InChI=1S/C28H36O4/c1-7-15-32-24-18-20(17-22-26(24)28(5,6)14-13-27(22,3)4)21-16-19(9-11-23(21)29)10-12-25(30)31-8-2/h9-12,16-18,29H,7-8,13-15H2,1-6H3. The third kappa shape index (κ3) is 5.01. The van der Waals surface area contributed by atoms with Crippen LogP contribution < -0.4 is 4.74 Å². The maximum Gasteiger partial charge on any atom is 0.330 e. The normalized spacial score (nSPS) is 16.6. The van der Waals surface area contributed by atoms with Crippen LogP contribution in [0.15, 0.2) is 36.4 Å². The van der Waals surface area contributed by atoms with Gasteiger partial charge in [-0.2, -0.15) is 0 Å². The van der Waals surface area contributed by atoms with E-state index in [9.17, 15) is 9.90 Å². The van der Waals surface area contributed by atoms with Crippen molar-refractivity contribution < 1.29 is 19.4 Å². The van der Waals surface area contributed by atoms with Gasteiger partial charge in [-0.3, -0.25) is 0 Å². The van der Waals surface area contributed by atoms with Crippen molar-refractivity contribution in [1.29, 1.82) is 0 Å². The summed E-state index contributed by atoms with van der Waals surface area (Å²) < 4.78 is 11.2.